The lowest BCUT2D eigenvalue weighted by molar-refractivity contribution is -0.384. The maximum absolute atomic E-state index is 13.5. The molecule has 0 saturated heterocycles. The number of nitro groups is 1. The summed E-state index contributed by atoms with van der Waals surface area (Å²) in [6, 6.07) is 4.39. The molecule has 0 aliphatic rings. The van der Waals surface area contributed by atoms with Gasteiger partial charge in [-0.2, -0.15) is 0 Å². The van der Waals surface area contributed by atoms with Crippen LogP contribution in [0, 0.1) is 27.6 Å². The van der Waals surface area contributed by atoms with Crippen molar-refractivity contribution in [1.29, 1.82) is 0 Å². The number of amides is 2. The fourth-order valence-corrected chi connectivity index (χ4v) is 1.87. The molecule has 0 saturated carbocycles. The Balaban J connectivity index is 2.16. The number of nitrogens with zero attached hydrogens (tertiary/aromatic N) is 1. The smallest absolute Gasteiger partial charge is 0.314 e. The highest BCUT2D eigenvalue weighted by atomic mass is 35.5. The fraction of sp³-hybridized carbons (Fsp3) is 0. The van der Waals surface area contributed by atoms with Crippen LogP contribution in [0.25, 0.3) is 0 Å². The molecule has 0 spiro atoms. The molecule has 2 aromatic rings. The second kappa shape index (κ2) is 7.18. The van der Waals surface area contributed by atoms with E-state index in [2.05, 4.69) is 0 Å². The van der Waals surface area contributed by atoms with Crippen LogP contribution in [0.3, 0.4) is 0 Å². The van der Waals surface area contributed by atoms with E-state index < -0.39 is 45.6 Å². The maximum atomic E-state index is 13.5. The minimum absolute atomic E-state index is 0.0919. The standard InChI is InChI=1S/C14H7ClF3N3O4/c15-7-2-1-6(21(24)25)5-10(7)20-14(23)13(22)19-9-4-3-8(16)11(17)12(9)18/h1-5H,(H,19,22)(H,20,23). The molecule has 0 bridgehead atoms. The molecule has 0 aromatic heterocycles. The van der Waals surface area contributed by atoms with Gasteiger partial charge in [-0.1, -0.05) is 11.6 Å². The molecule has 2 amide bonds. The van der Waals surface area contributed by atoms with Crippen LogP contribution in [0.1, 0.15) is 0 Å². The lowest BCUT2D eigenvalue weighted by Gasteiger charge is -2.09. The number of nitro benzene ring substituents is 1. The lowest BCUT2D eigenvalue weighted by atomic mass is 10.2. The summed E-state index contributed by atoms with van der Waals surface area (Å²) in [5, 5.41) is 14.3. The van der Waals surface area contributed by atoms with Crippen molar-refractivity contribution < 1.29 is 27.7 Å². The van der Waals surface area contributed by atoms with Crippen molar-refractivity contribution in [3.8, 4) is 0 Å². The summed E-state index contributed by atoms with van der Waals surface area (Å²) in [4.78, 5) is 33.4. The lowest BCUT2D eigenvalue weighted by Crippen LogP contribution is -2.29. The molecule has 11 heteroatoms. The zero-order chi connectivity index (χ0) is 18.7. The summed E-state index contributed by atoms with van der Waals surface area (Å²) in [7, 11) is 0. The molecule has 0 heterocycles. The highest BCUT2D eigenvalue weighted by Crippen LogP contribution is 2.26. The molecule has 0 fully saturated rings. The largest absolute Gasteiger partial charge is 0.316 e. The molecule has 0 atom stereocenters. The molecule has 130 valence electrons. The number of nitrogens with one attached hydrogen (secondary N) is 2. The first-order valence-electron chi connectivity index (χ1n) is 6.40. The number of halogens is 4. The average molecular weight is 374 g/mol. The van der Waals surface area contributed by atoms with Gasteiger partial charge in [0, 0.05) is 12.1 Å². The van der Waals surface area contributed by atoms with E-state index in [0.29, 0.717) is 6.07 Å². The van der Waals surface area contributed by atoms with Gasteiger partial charge in [-0.05, 0) is 18.2 Å². The zero-order valence-electron chi connectivity index (χ0n) is 12.0. The minimum Gasteiger partial charge on any atom is -0.316 e. The van der Waals surface area contributed by atoms with Crippen molar-refractivity contribution in [2.75, 3.05) is 10.6 Å². The van der Waals surface area contributed by atoms with Crippen molar-refractivity contribution in [2.24, 2.45) is 0 Å². The topological polar surface area (TPSA) is 101 Å². The molecule has 2 N–H and O–H groups in total. The third kappa shape index (κ3) is 4.04. The van der Waals surface area contributed by atoms with Gasteiger partial charge in [-0.3, -0.25) is 19.7 Å². The SMILES string of the molecule is O=C(Nc1cc([N+](=O)[O-])ccc1Cl)C(=O)Nc1ccc(F)c(F)c1F. The van der Waals surface area contributed by atoms with E-state index in [9.17, 15) is 32.9 Å². The molecule has 0 aliphatic carbocycles. The van der Waals surface area contributed by atoms with Crippen molar-refractivity contribution >= 4 is 40.5 Å². The van der Waals surface area contributed by atoms with Gasteiger partial charge in [-0.25, -0.2) is 13.2 Å². The molecule has 7 nitrogen and oxygen atoms in total. The van der Waals surface area contributed by atoms with Crippen LogP contribution in [0.4, 0.5) is 30.2 Å². The van der Waals surface area contributed by atoms with E-state index >= 15 is 0 Å². The first-order valence-corrected chi connectivity index (χ1v) is 6.78. The predicted molar refractivity (Wildman–Crippen MR) is 81.7 cm³/mol. The summed E-state index contributed by atoms with van der Waals surface area (Å²) < 4.78 is 39.4. The number of anilines is 2. The van der Waals surface area contributed by atoms with Crippen molar-refractivity contribution in [2.45, 2.75) is 0 Å². The van der Waals surface area contributed by atoms with Gasteiger partial charge in [0.25, 0.3) is 5.69 Å². The summed E-state index contributed by atoms with van der Waals surface area (Å²) in [6.45, 7) is 0. The number of carbonyl (C=O) groups excluding carboxylic acids is 2. The third-order valence-electron chi connectivity index (χ3n) is 2.90. The van der Waals surface area contributed by atoms with Crippen LogP contribution < -0.4 is 10.6 Å². The van der Waals surface area contributed by atoms with E-state index in [1.54, 1.807) is 5.32 Å². The number of carbonyl (C=O) groups is 2. The van der Waals surface area contributed by atoms with Crippen molar-refractivity contribution in [3.05, 3.63) is 62.9 Å². The third-order valence-corrected chi connectivity index (χ3v) is 3.23. The van der Waals surface area contributed by atoms with E-state index in [4.69, 9.17) is 11.6 Å². The first-order chi connectivity index (χ1) is 11.7. The van der Waals surface area contributed by atoms with Gasteiger partial charge in [0.1, 0.15) is 0 Å². The van der Waals surface area contributed by atoms with Crippen LogP contribution in [0.2, 0.25) is 5.02 Å². The molecular weight excluding hydrogens is 367 g/mol. The number of non-ortho nitro benzene ring substituents is 1. The number of hydrogen-bond donors (Lipinski definition) is 2. The van der Waals surface area contributed by atoms with Crippen molar-refractivity contribution in [1.82, 2.24) is 0 Å². The molecule has 0 radical (unpaired) electrons. The molecule has 0 aliphatic heterocycles. The predicted octanol–water partition coefficient (Wildman–Crippen LogP) is 3.24. The summed E-state index contributed by atoms with van der Waals surface area (Å²) in [5.74, 6) is -7.75. The van der Waals surface area contributed by atoms with Crippen LogP contribution in [0.15, 0.2) is 30.3 Å². The number of hydrogen-bond acceptors (Lipinski definition) is 4. The summed E-state index contributed by atoms with van der Waals surface area (Å²) >= 11 is 5.75. The van der Waals surface area contributed by atoms with E-state index in [1.165, 1.54) is 0 Å². The monoisotopic (exact) mass is 373 g/mol. The van der Waals surface area contributed by atoms with Gasteiger partial charge in [0.05, 0.1) is 21.3 Å². The highest BCUT2D eigenvalue weighted by Gasteiger charge is 2.21. The average Bonchev–Trinajstić information content (AvgIpc) is 2.57. The zero-order valence-corrected chi connectivity index (χ0v) is 12.7. The molecule has 0 unspecified atom stereocenters. The molecule has 2 rings (SSSR count). The number of rotatable bonds is 3. The molecule has 25 heavy (non-hydrogen) atoms. The quantitative estimate of drug-likeness (QED) is 0.373. The Morgan fingerprint density at radius 1 is 0.960 bits per heavy atom. The fourth-order valence-electron chi connectivity index (χ4n) is 1.70. The second-order valence-electron chi connectivity index (χ2n) is 4.55. The normalized spacial score (nSPS) is 10.2. The Hall–Kier alpha value is -3.14. The van der Waals surface area contributed by atoms with Crippen molar-refractivity contribution in [3.63, 3.8) is 0 Å². The first kappa shape index (κ1) is 18.2. The Morgan fingerprint density at radius 2 is 1.56 bits per heavy atom. The van der Waals surface area contributed by atoms with Gasteiger partial charge >= 0.3 is 11.8 Å². The van der Waals surface area contributed by atoms with Crippen LogP contribution in [-0.4, -0.2) is 16.7 Å². The Kier molecular flexibility index (Phi) is 5.22. The minimum atomic E-state index is -1.82. The second-order valence-corrected chi connectivity index (χ2v) is 4.96. The highest BCUT2D eigenvalue weighted by molar-refractivity contribution is 6.44. The van der Waals surface area contributed by atoms with Gasteiger partial charge < -0.3 is 10.6 Å². The Morgan fingerprint density at radius 3 is 2.16 bits per heavy atom. The number of benzene rings is 2. The molecular formula is C14H7ClF3N3O4. The van der Waals surface area contributed by atoms with E-state index in [0.717, 1.165) is 24.3 Å². The summed E-state index contributed by atoms with van der Waals surface area (Å²) in [6.07, 6.45) is 0. The van der Waals surface area contributed by atoms with Crippen LogP contribution in [0.5, 0.6) is 0 Å². The van der Waals surface area contributed by atoms with Gasteiger partial charge in [0.15, 0.2) is 17.5 Å². The van der Waals surface area contributed by atoms with Gasteiger partial charge in [0.2, 0.25) is 0 Å². The maximum Gasteiger partial charge on any atom is 0.314 e. The van der Waals surface area contributed by atoms with E-state index in [1.807, 2.05) is 5.32 Å². The van der Waals surface area contributed by atoms with E-state index in [-0.39, 0.29) is 10.7 Å². The van der Waals surface area contributed by atoms with Gasteiger partial charge in [-0.15, -0.1) is 0 Å². The summed E-state index contributed by atoms with van der Waals surface area (Å²) in [5.41, 5.74) is -1.39. The Bertz CT molecular complexity index is 892. The van der Waals surface area contributed by atoms with Crippen LogP contribution >= 0.6 is 11.6 Å². The Labute approximate surface area is 142 Å². The van der Waals surface area contributed by atoms with Crippen LogP contribution in [-0.2, 0) is 9.59 Å². The molecule has 2 aromatic carbocycles.